The molecule has 2 aromatic carbocycles. The molecule has 0 aliphatic heterocycles. The fourth-order valence-corrected chi connectivity index (χ4v) is 5.60. The highest BCUT2D eigenvalue weighted by Crippen LogP contribution is 2.34. The maximum atomic E-state index is 13.5. The molecule has 1 fully saturated rings. The van der Waals surface area contributed by atoms with Crippen molar-refractivity contribution in [2.24, 2.45) is 0 Å². The third-order valence-electron chi connectivity index (χ3n) is 6.25. The summed E-state index contributed by atoms with van der Waals surface area (Å²) in [5.41, 5.74) is 6.20. The van der Waals surface area contributed by atoms with E-state index in [4.69, 9.17) is 28.8 Å². The van der Waals surface area contributed by atoms with Crippen LogP contribution in [0.25, 0.3) is 12.2 Å². The number of rotatable bonds is 11. The average Bonchev–Trinajstić information content (AvgIpc) is 2.97. The number of sulfonamides is 1. The number of Topliss-reactive ketones (excluding diaryl/α,β-unsaturated/α-hetero) is 1. The van der Waals surface area contributed by atoms with Gasteiger partial charge in [0.15, 0.2) is 28.8 Å². The molecule has 44 heavy (non-hydrogen) atoms. The van der Waals surface area contributed by atoms with Crippen LogP contribution in [-0.4, -0.2) is 73.1 Å². The van der Waals surface area contributed by atoms with E-state index in [1.807, 2.05) is 12.1 Å². The number of carboxylic acids is 1. The molecule has 242 valence electrons. The van der Waals surface area contributed by atoms with Crippen molar-refractivity contribution in [3.8, 4) is 23.0 Å². The van der Waals surface area contributed by atoms with Gasteiger partial charge in [-0.05, 0) is 60.4 Å². The molecule has 15 heteroatoms. The first kappa shape index (κ1) is 36.1. The van der Waals surface area contributed by atoms with Gasteiger partial charge in [-0.25, -0.2) is 13.1 Å². The number of halogens is 3. The molecule has 0 atom stereocenters. The van der Waals surface area contributed by atoms with E-state index < -0.39 is 28.2 Å². The van der Waals surface area contributed by atoms with E-state index in [0.29, 0.717) is 47.1 Å². The van der Waals surface area contributed by atoms with Crippen molar-refractivity contribution in [1.29, 1.82) is 0 Å². The largest absolute Gasteiger partial charge is 0.542 e. The van der Waals surface area contributed by atoms with E-state index in [1.54, 1.807) is 64.9 Å². The molecule has 0 unspecified atom stereocenters. The predicted octanol–water partition coefficient (Wildman–Crippen LogP) is 1.77. The summed E-state index contributed by atoms with van der Waals surface area (Å²) in [5.74, 6) is -0.942. The minimum Gasteiger partial charge on any atom is -0.542 e. The minimum absolute atomic E-state index is 0.00952. The Morgan fingerprint density at radius 3 is 1.66 bits per heavy atom. The molecule has 3 rings (SSSR count). The summed E-state index contributed by atoms with van der Waals surface area (Å²) in [7, 11) is 2.67. The van der Waals surface area contributed by atoms with Crippen LogP contribution in [0, 0.1) is 0 Å². The Balaban J connectivity index is 0.000000860. The van der Waals surface area contributed by atoms with E-state index in [1.165, 1.54) is 0 Å². The lowest BCUT2D eigenvalue weighted by atomic mass is 9.84. The first-order valence-electron chi connectivity index (χ1n) is 13.1. The number of hydrogen-bond donors (Lipinski definition) is 2. The normalized spacial score (nSPS) is 17.1. The van der Waals surface area contributed by atoms with Crippen molar-refractivity contribution < 1.29 is 61.0 Å². The van der Waals surface area contributed by atoms with Crippen LogP contribution < -0.4 is 34.5 Å². The van der Waals surface area contributed by atoms with Crippen molar-refractivity contribution in [2.75, 3.05) is 40.7 Å². The van der Waals surface area contributed by atoms with Crippen molar-refractivity contribution in [3.05, 3.63) is 58.7 Å². The first-order valence-corrected chi connectivity index (χ1v) is 14.8. The molecule has 1 saturated carbocycles. The molecule has 0 radical (unpaired) electrons. The summed E-state index contributed by atoms with van der Waals surface area (Å²) in [6.45, 7) is 0.527. The maximum absolute atomic E-state index is 13.5. The number of carboxylic acid groups (broad SMARTS) is 1. The maximum Gasteiger partial charge on any atom is 0.430 e. The van der Waals surface area contributed by atoms with Crippen molar-refractivity contribution in [3.63, 3.8) is 0 Å². The van der Waals surface area contributed by atoms with Crippen LogP contribution >= 0.6 is 0 Å². The number of hydrogen-bond acceptors (Lipinski definition) is 9. The summed E-state index contributed by atoms with van der Waals surface area (Å²) in [5, 5.41) is 8.78. The van der Waals surface area contributed by atoms with Crippen LogP contribution in [0.3, 0.4) is 0 Å². The van der Waals surface area contributed by atoms with Gasteiger partial charge in [-0.1, -0.05) is 12.1 Å². The van der Waals surface area contributed by atoms with E-state index in [2.05, 4.69) is 10.5 Å². The zero-order chi connectivity index (χ0) is 33.1. The summed E-state index contributed by atoms with van der Waals surface area (Å²) in [4.78, 5) is 22.3. The fraction of sp³-hybridized carbons (Fsp3) is 0.379. The fourth-order valence-electron chi connectivity index (χ4n) is 4.22. The molecular formula is C29H35F3N2O9S. The summed E-state index contributed by atoms with van der Waals surface area (Å²) < 4.78 is 81.0. The van der Waals surface area contributed by atoms with Gasteiger partial charge in [-0.15, -0.1) is 0 Å². The number of carbonyl (C=O) groups excluding carboxylic acids is 2. The second kappa shape index (κ2) is 16.1. The number of ether oxygens (including phenoxy) is 4. The summed E-state index contributed by atoms with van der Waals surface area (Å²) >= 11 is 0. The number of methoxy groups -OCH3 is 4. The molecule has 2 aromatic rings. The van der Waals surface area contributed by atoms with Gasteiger partial charge in [-0.2, -0.15) is 13.2 Å². The second-order valence-electron chi connectivity index (χ2n) is 9.43. The van der Waals surface area contributed by atoms with Crippen LogP contribution in [0.4, 0.5) is 13.2 Å². The van der Waals surface area contributed by atoms with Crippen LogP contribution in [0.1, 0.15) is 30.4 Å². The SMILES string of the molecule is COc1ccc(/C=C2\CC(NS(=O)(=O)CCC[NH3+])C/C(=C\c3ccc(OC)c(OC)c3)C2=O)cc1OC.O=C([O-])C(F)(F)F. The van der Waals surface area contributed by atoms with Crippen LogP contribution in [0.5, 0.6) is 23.0 Å². The van der Waals surface area contributed by atoms with Crippen molar-refractivity contribution >= 4 is 33.9 Å². The van der Waals surface area contributed by atoms with Crippen LogP contribution in [-0.2, 0) is 19.6 Å². The quantitative estimate of drug-likeness (QED) is 0.347. The number of nitrogens with one attached hydrogen (secondary N) is 1. The first-order chi connectivity index (χ1) is 20.7. The zero-order valence-corrected chi connectivity index (χ0v) is 25.5. The Bertz CT molecular complexity index is 1410. The van der Waals surface area contributed by atoms with E-state index >= 15 is 0 Å². The van der Waals surface area contributed by atoms with Gasteiger partial charge in [-0.3, -0.25) is 4.79 Å². The second-order valence-corrected chi connectivity index (χ2v) is 11.3. The zero-order valence-electron chi connectivity index (χ0n) is 24.7. The Labute approximate surface area is 253 Å². The number of carbonyl (C=O) groups is 2. The van der Waals surface area contributed by atoms with Gasteiger partial charge >= 0.3 is 6.18 Å². The number of quaternary nitrogens is 1. The van der Waals surface area contributed by atoms with Crippen molar-refractivity contribution in [1.82, 2.24) is 4.72 Å². The van der Waals surface area contributed by atoms with E-state index in [-0.39, 0.29) is 24.4 Å². The van der Waals surface area contributed by atoms with E-state index in [9.17, 15) is 26.4 Å². The molecule has 0 saturated heterocycles. The van der Waals surface area contributed by atoms with Crippen LogP contribution in [0.2, 0.25) is 0 Å². The monoisotopic (exact) mass is 644 g/mol. The molecule has 4 N–H and O–H groups in total. The highest BCUT2D eigenvalue weighted by Gasteiger charge is 2.31. The molecule has 11 nitrogen and oxygen atoms in total. The number of ketones is 1. The van der Waals surface area contributed by atoms with Gasteiger partial charge < -0.3 is 34.6 Å². The van der Waals surface area contributed by atoms with Gasteiger partial charge in [0.1, 0.15) is 5.97 Å². The standard InChI is InChI=1S/C27H34N2O7S.C2HF3O2/c1-33-23-8-6-18(14-25(23)35-3)12-20-16-22(29-37(31,32)11-5-10-28)17-21(27(20)30)13-19-7-9-24(34-2)26(15-19)36-4;3-2(4,5)1(6)7/h6-9,12-15,22,29H,5,10-11,16-17,28H2,1-4H3;(H,6,7)/b20-12+,21-13+;. The average molecular weight is 645 g/mol. The topological polar surface area (TPSA) is 168 Å². The smallest absolute Gasteiger partial charge is 0.430 e. The Kier molecular flexibility index (Phi) is 13.2. The number of benzene rings is 2. The molecule has 0 amide bonds. The molecule has 1 aliphatic carbocycles. The third-order valence-corrected chi connectivity index (χ3v) is 7.77. The van der Waals surface area contributed by atoms with Crippen LogP contribution in [0.15, 0.2) is 47.5 Å². The highest BCUT2D eigenvalue weighted by molar-refractivity contribution is 7.89. The molecule has 0 bridgehead atoms. The summed E-state index contributed by atoms with van der Waals surface area (Å²) in [6, 6.07) is 10.3. The van der Waals surface area contributed by atoms with Gasteiger partial charge in [0.25, 0.3) is 0 Å². The lowest BCUT2D eigenvalue weighted by Gasteiger charge is -2.26. The van der Waals surface area contributed by atoms with Gasteiger partial charge in [0.05, 0.1) is 40.7 Å². The molecule has 0 aromatic heterocycles. The Hall–Kier alpha value is -4.08. The number of alkyl halides is 3. The summed E-state index contributed by atoms with van der Waals surface area (Å²) in [6.07, 6.45) is -0.671. The molecule has 1 aliphatic rings. The Morgan fingerprint density at radius 2 is 1.32 bits per heavy atom. The van der Waals surface area contributed by atoms with Gasteiger partial charge in [0.2, 0.25) is 10.0 Å². The molecular weight excluding hydrogens is 609 g/mol. The Morgan fingerprint density at radius 1 is 0.909 bits per heavy atom. The van der Waals surface area contributed by atoms with Gasteiger partial charge in [0, 0.05) is 23.6 Å². The lowest BCUT2D eigenvalue weighted by Crippen LogP contribution is -2.51. The molecule has 0 spiro atoms. The highest BCUT2D eigenvalue weighted by atomic mass is 32.2. The lowest BCUT2D eigenvalue weighted by molar-refractivity contribution is -0.367. The molecule has 0 heterocycles. The third kappa shape index (κ3) is 10.6. The minimum atomic E-state index is -5.19. The van der Waals surface area contributed by atoms with Crippen molar-refractivity contribution in [2.45, 2.75) is 31.5 Å². The predicted molar refractivity (Wildman–Crippen MR) is 153 cm³/mol. The van der Waals surface area contributed by atoms with E-state index in [0.717, 1.165) is 11.1 Å². The number of aliphatic carboxylic acids is 1.